The van der Waals surface area contributed by atoms with E-state index in [9.17, 15) is 13.2 Å². The van der Waals surface area contributed by atoms with Gasteiger partial charge in [-0.25, -0.2) is 13.4 Å². The molecule has 1 atom stereocenters. The van der Waals surface area contributed by atoms with Gasteiger partial charge in [-0.3, -0.25) is 9.78 Å². The van der Waals surface area contributed by atoms with Crippen LogP contribution in [0.15, 0.2) is 47.8 Å². The van der Waals surface area contributed by atoms with Crippen LogP contribution in [0.4, 0.5) is 0 Å². The lowest BCUT2D eigenvalue weighted by molar-refractivity contribution is -0.102. The number of hydrogen-bond donors (Lipinski definition) is 1. The zero-order chi connectivity index (χ0) is 20.5. The number of rotatable bonds is 6. The number of hydrogen-bond acceptors (Lipinski definition) is 6. The average Bonchev–Trinajstić information content (AvgIpc) is 3.12. The SMILES string of the molecule is Cc1ccc(S(=O)(=O)N2CC3(C2)OCCC3CCNC(=O)c2cnccn2)cc1. The third-order valence-corrected chi connectivity index (χ3v) is 7.53. The van der Waals surface area contributed by atoms with E-state index >= 15 is 0 Å². The van der Waals surface area contributed by atoms with Gasteiger partial charge in [0.05, 0.1) is 16.7 Å². The molecule has 4 rings (SSSR count). The van der Waals surface area contributed by atoms with E-state index in [-0.39, 0.29) is 17.5 Å². The van der Waals surface area contributed by atoms with Crippen molar-refractivity contribution in [3.8, 4) is 0 Å². The van der Waals surface area contributed by atoms with Crippen LogP contribution in [0.2, 0.25) is 0 Å². The van der Waals surface area contributed by atoms with Crippen molar-refractivity contribution in [2.75, 3.05) is 26.2 Å². The average molecular weight is 417 g/mol. The molecule has 0 aliphatic carbocycles. The Labute approximate surface area is 170 Å². The minimum atomic E-state index is -3.51. The van der Waals surface area contributed by atoms with E-state index in [1.807, 2.05) is 6.92 Å². The maximum Gasteiger partial charge on any atom is 0.271 e. The van der Waals surface area contributed by atoms with Gasteiger partial charge < -0.3 is 10.1 Å². The minimum absolute atomic E-state index is 0.203. The lowest BCUT2D eigenvalue weighted by atomic mass is 9.80. The van der Waals surface area contributed by atoms with Crippen molar-refractivity contribution < 1.29 is 17.9 Å². The molecule has 29 heavy (non-hydrogen) atoms. The van der Waals surface area contributed by atoms with Gasteiger partial charge >= 0.3 is 0 Å². The molecular formula is C20H24N4O4S. The number of nitrogens with zero attached hydrogens (tertiary/aromatic N) is 3. The second-order valence-corrected chi connectivity index (χ2v) is 9.56. The molecule has 1 N–H and O–H groups in total. The number of ether oxygens (including phenoxy) is 1. The summed E-state index contributed by atoms with van der Waals surface area (Å²) in [7, 11) is -3.51. The molecule has 2 saturated heterocycles. The molecule has 0 bridgehead atoms. The van der Waals surface area contributed by atoms with Crippen LogP contribution in [0.1, 0.15) is 28.9 Å². The minimum Gasteiger partial charge on any atom is -0.372 e. The van der Waals surface area contributed by atoms with Gasteiger partial charge in [-0.05, 0) is 37.8 Å². The molecule has 1 aromatic heterocycles. The second-order valence-electron chi connectivity index (χ2n) is 7.62. The summed E-state index contributed by atoms with van der Waals surface area (Å²) in [5, 5.41) is 2.86. The molecule has 2 fully saturated rings. The van der Waals surface area contributed by atoms with E-state index in [4.69, 9.17) is 4.74 Å². The van der Waals surface area contributed by atoms with Crippen LogP contribution in [0.25, 0.3) is 0 Å². The summed E-state index contributed by atoms with van der Waals surface area (Å²) < 4.78 is 33.1. The van der Waals surface area contributed by atoms with Crippen LogP contribution in [-0.2, 0) is 14.8 Å². The molecule has 154 valence electrons. The van der Waals surface area contributed by atoms with E-state index in [0.29, 0.717) is 31.1 Å². The molecular weight excluding hydrogens is 392 g/mol. The molecule has 1 spiro atoms. The van der Waals surface area contributed by atoms with Gasteiger partial charge in [0.15, 0.2) is 0 Å². The monoisotopic (exact) mass is 416 g/mol. The summed E-state index contributed by atoms with van der Waals surface area (Å²) in [6, 6.07) is 6.89. The predicted molar refractivity (Wildman–Crippen MR) is 106 cm³/mol. The molecule has 2 aliphatic rings. The van der Waals surface area contributed by atoms with Gasteiger partial charge in [-0.1, -0.05) is 17.7 Å². The molecule has 1 unspecified atom stereocenters. The Balaban J connectivity index is 1.33. The molecule has 0 radical (unpaired) electrons. The Bertz CT molecular complexity index is 973. The number of amides is 1. The summed E-state index contributed by atoms with van der Waals surface area (Å²) in [6.07, 6.45) is 6.01. The van der Waals surface area contributed by atoms with E-state index in [0.717, 1.165) is 18.4 Å². The molecule has 2 aliphatic heterocycles. The normalized spacial score (nSPS) is 21.1. The smallest absolute Gasteiger partial charge is 0.271 e. The van der Waals surface area contributed by atoms with Crippen LogP contribution in [0.5, 0.6) is 0 Å². The van der Waals surface area contributed by atoms with E-state index in [2.05, 4.69) is 15.3 Å². The van der Waals surface area contributed by atoms with E-state index in [1.54, 1.807) is 24.3 Å². The third-order valence-electron chi connectivity index (χ3n) is 5.72. The van der Waals surface area contributed by atoms with Gasteiger partial charge in [0.1, 0.15) is 5.69 Å². The maximum absolute atomic E-state index is 12.8. The van der Waals surface area contributed by atoms with Gasteiger partial charge in [0.25, 0.3) is 5.91 Å². The van der Waals surface area contributed by atoms with Crippen molar-refractivity contribution in [2.24, 2.45) is 5.92 Å². The fraction of sp³-hybridized carbons (Fsp3) is 0.450. The fourth-order valence-corrected chi connectivity index (χ4v) is 5.54. The summed E-state index contributed by atoms with van der Waals surface area (Å²) in [4.78, 5) is 20.3. The first-order chi connectivity index (χ1) is 13.9. The second kappa shape index (κ2) is 7.81. The van der Waals surface area contributed by atoms with Crippen LogP contribution < -0.4 is 5.32 Å². The van der Waals surface area contributed by atoms with Crippen LogP contribution in [0, 0.1) is 12.8 Å². The van der Waals surface area contributed by atoms with Gasteiger partial charge in [0, 0.05) is 38.6 Å². The molecule has 9 heteroatoms. The van der Waals surface area contributed by atoms with Gasteiger partial charge in [0.2, 0.25) is 10.0 Å². The molecule has 2 aromatic rings. The Hall–Kier alpha value is -2.36. The number of aryl methyl sites for hydroxylation is 1. The Kier molecular flexibility index (Phi) is 5.37. The van der Waals surface area contributed by atoms with Crippen LogP contribution in [0.3, 0.4) is 0 Å². The van der Waals surface area contributed by atoms with Gasteiger partial charge in [-0.15, -0.1) is 0 Å². The summed E-state index contributed by atoms with van der Waals surface area (Å²) in [5.41, 5.74) is 0.852. The topological polar surface area (TPSA) is 101 Å². The molecule has 8 nitrogen and oxygen atoms in total. The number of carbonyl (C=O) groups is 1. The van der Waals surface area contributed by atoms with E-state index < -0.39 is 15.6 Å². The van der Waals surface area contributed by atoms with Crippen molar-refractivity contribution in [1.29, 1.82) is 0 Å². The Morgan fingerprint density at radius 3 is 2.72 bits per heavy atom. The van der Waals surface area contributed by atoms with E-state index in [1.165, 1.54) is 22.9 Å². The zero-order valence-electron chi connectivity index (χ0n) is 16.2. The Morgan fingerprint density at radius 2 is 2.03 bits per heavy atom. The highest BCUT2D eigenvalue weighted by Crippen LogP contribution is 2.43. The highest BCUT2D eigenvalue weighted by Gasteiger charge is 2.56. The fourth-order valence-electron chi connectivity index (χ4n) is 3.99. The number of benzene rings is 1. The summed E-state index contributed by atoms with van der Waals surface area (Å²) in [6.45, 7) is 3.73. The summed E-state index contributed by atoms with van der Waals surface area (Å²) >= 11 is 0. The lowest BCUT2D eigenvalue weighted by Gasteiger charge is -2.49. The molecule has 0 saturated carbocycles. The van der Waals surface area contributed by atoms with Gasteiger partial charge in [-0.2, -0.15) is 4.31 Å². The van der Waals surface area contributed by atoms with Crippen molar-refractivity contribution in [2.45, 2.75) is 30.3 Å². The highest BCUT2D eigenvalue weighted by atomic mass is 32.2. The highest BCUT2D eigenvalue weighted by molar-refractivity contribution is 7.89. The van der Waals surface area contributed by atoms with Crippen LogP contribution in [-0.4, -0.2) is 60.4 Å². The number of aromatic nitrogens is 2. The first kappa shape index (κ1) is 19.9. The molecule has 1 amide bonds. The zero-order valence-corrected chi connectivity index (χ0v) is 17.1. The predicted octanol–water partition coefficient (Wildman–Crippen LogP) is 1.38. The largest absolute Gasteiger partial charge is 0.372 e. The number of carbonyl (C=O) groups excluding carboxylic acids is 1. The Morgan fingerprint density at radius 1 is 1.28 bits per heavy atom. The van der Waals surface area contributed by atoms with Crippen molar-refractivity contribution in [3.05, 3.63) is 54.1 Å². The first-order valence-electron chi connectivity index (χ1n) is 9.66. The molecule has 3 heterocycles. The van der Waals surface area contributed by atoms with Crippen molar-refractivity contribution in [1.82, 2.24) is 19.6 Å². The first-order valence-corrected chi connectivity index (χ1v) is 11.1. The van der Waals surface area contributed by atoms with Crippen LogP contribution >= 0.6 is 0 Å². The quantitative estimate of drug-likeness (QED) is 0.764. The lowest BCUT2D eigenvalue weighted by Crippen LogP contribution is -2.66. The third kappa shape index (κ3) is 3.90. The van der Waals surface area contributed by atoms with Crippen molar-refractivity contribution in [3.63, 3.8) is 0 Å². The number of sulfonamides is 1. The van der Waals surface area contributed by atoms with Crippen molar-refractivity contribution >= 4 is 15.9 Å². The molecule has 1 aromatic carbocycles. The number of nitrogens with one attached hydrogen (secondary N) is 1. The maximum atomic E-state index is 12.8. The standard InChI is InChI=1S/C20H24N4O4S/c1-15-2-4-17(5-3-15)29(26,27)24-13-20(14-24)16(7-11-28-20)6-8-23-19(25)18-12-21-9-10-22-18/h2-5,9-10,12,16H,6-8,11,13-14H2,1H3,(H,23,25). The summed E-state index contributed by atoms with van der Waals surface area (Å²) in [5.74, 6) is -0.0580.